The molecule has 1 heterocycles. The highest BCUT2D eigenvalue weighted by Crippen LogP contribution is 2.19. The van der Waals surface area contributed by atoms with E-state index in [1.54, 1.807) is 6.20 Å². The SMILES string of the molecule is CN(C)c1ccc(Nc2ccnc(NCCc3cccc(Cl)c3)n2)cc1. The van der Waals surface area contributed by atoms with Crippen LogP contribution in [0.25, 0.3) is 0 Å². The number of hydrogen-bond donors (Lipinski definition) is 2. The maximum Gasteiger partial charge on any atom is 0.224 e. The van der Waals surface area contributed by atoms with Gasteiger partial charge in [0.05, 0.1) is 0 Å². The molecule has 5 nitrogen and oxygen atoms in total. The van der Waals surface area contributed by atoms with Gasteiger partial charge in [-0.25, -0.2) is 4.98 Å². The summed E-state index contributed by atoms with van der Waals surface area (Å²) in [4.78, 5) is 10.8. The van der Waals surface area contributed by atoms with Crippen molar-refractivity contribution in [3.05, 3.63) is 71.4 Å². The third kappa shape index (κ3) is 5.10. The molecule has 0 atom stereocenters. The summed E-state index contributed by atoms with van der Waals surface area (Å²) < 4.78 is 0. The third-order valence-electron chi connectivity index (χ3n) is 3.90. The average Bonchev–Trinajstić information content (AvgIpc) is 2.63. The maximum absolute atomic E-state index is 6.01. The van der Waals surface area contributed by atoms with Crippen LogP contribution in [0, 0.1) is 0 Å². The molecule has 0 saturated heterocycles. The Morgan fingerprint density at radius 1 is 1.04 bits per heavy atom. The summed E-state index contributed by atoms with van der Waals surface area (Å²) in [6, 6.07) is 17.9. The van der Waals surface area contributed by atoms with Crippen LogP contribution in [0.2, 0.25) is 5.02 Å². The molecule has 2 N–H and O–H groups in total. The summed E-state index contributed by atoms with van der Waals surface area (Å²) in [6.07, 6.45) is 2.60. The zero-order chi connectivity index (χ0) is 18.4. The molecule has 3 aromatic rings. The van der Waals surface area contributed by atoms with Gasteiger partial charge in [0, 0.05) is 43.2 Å². The van der Waals surface area contributed by atoms with Crippen LogP contribution in [0.4, 0.5) is 23.1 Å². The lowest BCUT2D eigenvalue weighted by Crippen LogP contribution is -2.09. The summed E-state index contributed by atoms with van der Waals surface area (Å²) in [6.45, 7) is 0.737. The van der Waals surface area contributed by atoms with Crippen LogP contribution in [0.5, 0.6) is 0 Å². The Morgan fingerprint density at radius 2 is 1.85 bits per heavy atom. The quantitative estimate of drug-likeness (QED) is 0.639. The molecule has 0 fully saturated rings. The first-order chi connectivity index (χ1) is 12.6. The van der Waals surface area contributed by atoms with Crippen molar-refractivity contribution < 1.29 is 0 Å². The fraction of sp³-hybridized carbons (Fsp3) is 0.200. The van der Waals surface area contributed by atoms with Crippen LogP contribution in [-0.2, 0) is 6.42 Å². The molecule has 2 aromatic carbocycles. The van der Waals surface area contributed by atoms with E-state index < -0.39 is 0 Å². The Balaban J connectivity index is 1.57. The lowest BCUT2D eigenvalue weighted by atomic mass is 10.1. The summed E-state index contributed by atoms with van der Waals surface area (Å²) in [5.74, 6) is 1.35. The molecule has 0 bridgehead atoms. The van der Waals surface area contributed by atoms with E-state index in [1.165, 1.54) is 5.56 Å². The predicted molar refractivity (Wildman–Crippen MR) is 110 cm³/mol. The number of nitrogens with zero attached hydrogens (tertiary/aromatic N) is 3. The molecule has 0 amide bonds. The first-order valence-electron chi connectivity index (χ1n) is 8.46. The second-order valence-electron chi connectivity index (χ2n) is 6.14. The second kappa shape index (κ2) is 8.54. The van der Waals surface area contributed by atoms with Crippen molar-refractivity contribution in [1.29, 1.82) is 0 Å². The van der Waals surface area contributed by atoms with Gasteiger partial charge in [-0.05, 0) is 54.4 Å². The molecule has 134 valence electrons. The zero-order valence-corrected chi connectivity index (χ0v) is 15.7. The molecule has 0 saturated carbocycles. The predicted octanol–water partition coefficient (Wildman–Crippen LogP) is 4.59. The lowest BCUT2D eigenvalue weighted by Gasteiger charge is -2.13. The van der Waals surface area contributed by atoms with E-state index in [0.717, 1.165) is 35.2 Å². The van der Waals surface area contributed by atoms with Crippen molar-refractivity contribution in [3.8, 4) is 0 Å². The third-order valence-corrected chi connectivity index (χ3v) is 4.13. The monoisotopic (exact) mass is 367 g/mol. The highest BCUT2D eigenvalue weighted by Gasteiger charge is 2.02. The molecule has 26 heavy (non-hydrogen) atoms. The number of halogens is 1. The molecule has 3 rings (SSSR count). The number of nitrogens with one attached hydrogen (secondary N) is 2. The van der Waals surface area contributed by atoms with E-state index in [9.17, 15) is 0 Å². The van der Waals surface area contributed by atoms with Crippen molar-refractivity contribution in [3.63, 3.8) is 0 Å². The van der Waals surface area contributed by atoms with Gasteiger partial charge in [-0.1, -0.05) is 23.7 Å². The first kappa shape index (κ1) is 18.0. The van der Waals surface area contributed by atoms with Crippen molar-refractivity contribution in [1.82, 2.24) is 9.97 Å². The average molecular weight is 368 g/mol. The molecule has 0 unspecified atom stereocenters. The highest BCUT2D eigenvalue weighted by atomic mass is 35.5. The zero-order valence-electron chi connectivity index (χ0n) is 14.9. The maximum atomic E-state index is 6.01. The second-order valence-corrected chi connectivity index (χ2v) is 6.57. The van der Waals surface area contributed by atoms with Gasteiger partial charge in [0.25, 0.3) is 0 Å². The molecule has 0 aliphatic heterocycles. The van der Waals surface area contributed by atoms with E-state index in [-0.39, 0.29) is 0 Å². The lowest BCUT2D eigenvalue weighted by molar-refractivity contribution is 0.985. The molecule has 0 radical (unpaired) electrons. The first-order valence-corrected chi connectivity index (χ1v) is 8.84. The minimum absolute atomic E-state index is 0.599. The van der Waals surface area contributed by atoms with Gasteiger partial charge in [0.1, 0.15) is 5.82 Å². The Kier molecular flexibility index (Phi) is 5.92. The number of hydrogen-bond acceptors (Lipinski definition) is 5. The van der Waals surface area contributed by atoms with E-state index in [4.69, 9.17) is 11.6 Å². The molecular formula is C20H22ClN5. The fourth-order valence-corrected chi connectivity index (χ4v) is 2.73. The van der Waals surface area contributed by atoms with Gasteiger partial charge in [-0.15, -0.1) is 0 Å². The van der Waals surface area contributed by atoms with Gasteiger partial charge in [-0.3, -0.25) is 0 Å². The Hall–Kier alpha value is -2.79. The summed E-state index contributed by atoms with van der Waals surface area (Å²) >= 11 is 6.01. The number of rotatable bonds is 7. The standard InChI is InChI=1S/C20H22ClN5/c1-26(2)18-8-6-17(7-9-18)24-19-11-13-23-20(25-19)22-12-10-15-4-3-5-16(21)14-15/h3-9,11,13-14H,10,12H2,1-2H3,(H2,22,23,24,25). The number of anilines is 4. The van der Waals surface area contributed by atoms with E-state index in [0.29, 0.717) is 5.95 Å². The molecule has 1 aromatic heterocycles. The van der Waals surface area contributed by atoms with Crippen molar-refractivity contribution in [2.45, 2.75) is 6.42 Å². The largest absolute Gasteiger partial charge is 0.378 e. The molecule has 0 aliphatic carbocycles. The van der Waals surface area contributed by atoms with Crippen LogP contribution in [-0.4, -0.2) is 30.6 Å². The van der Waals surface area contributed by atoms with E-state index >= 15 is 0 Å². The minimum Gasteiger partial charge on any atom is -0.378 e. The van der Waals surface area contributed by atoms with Crippen LogP contribution in [0.15, 0.2) is 60.8 Å². The fourth-order valence-electron chi connectivity index (χ4n) is 2.52. The summed E-state index contributed by atoms with van der Waals surface area (Å²) in [5, 5.41) is 7.30. The topological polar surface area (TPSA) is 53.1 Å². The van der Waals surface area contributed by atoms with Crippen molar-refractivity contribution >= 4 is 34.7 Å². The Bertz CT molecular complexity index is 849. The molecule has 0 aliphatic rings. The van der Waals surface area contributed by atoms with Crippen LogP contribution in [0.1, 0.15) is 5.56 Å². The minimum atomic E-state index is 0.599. The number of aromatic nitrogens is 2. The van der Waals surface area contributed by atoms with Gasteiger partial charge < -0.3 is 15.5 Å². The normalized spacial score (nSPS) is 10.4. The molecule has 0 spiro atoms. The van der Waals surface area contributed by atoms with Gasteiger partial charge in [0.2, 0.25) is 5.95 Å². The van der Waals surface area contributed by atoms with Crippen molar-refractivity contribution in [2.24, 2.45) is 0 Å². The van der Waals surface area contributed by atoms with E-state index in [2.05, 4.69) is 43.7 Å². The number of benzene rings is 2. The van der Waals surface area contributed by atoms with Gasteiger partial charge in [-0.2, -0.15) is 4.98 Å². The van der Waals surface area contributed by atoms with E-state index in [1.807, 2.05) is 50.5 Å². The molecular weight excluding hydrogens is 346 g/mol. The highest BCUT2D eigenvalue weighted by molar-refractivity contribution is 6.30. The van der Waals surface area contributed by atoms with Crippen LogP contribution in [0.3, 0.4) is 0 Å². The van der Waals surface area contributed by atoms with Crippen LogP contribution >= 0.6 is 11.6 Å². The van der Waals surface area contributed by atoms with Gasteiger partial charge >= 0.3 is 0 Å². The molecule has 6 heteroatoms. The summed E-state index contributed by atoms with van der Waals surface area (Å²) in [5.41, 5.74) is 3.32. The smallest absolute Gasteiger partial charge is 0.224 e. The Morgan fingerprint density at radius 3 is 2.58 bits per heavy atom. The van der Waals surface area contributed by atoms with Crippen molar-refractivity contribution in [2.75, 3.05) is 36.2 Å². The Labute approximate surface area is 159 Å². The van der Waals surface area contributed by atoms with Gasteiger partial charge in [0.15, 0.2) is 0 Å². The summed E-state index contributed by atoms with van der Waals surface area (Å²) in [7, 11) is 4.04. The van der Waals surface area contributed by atoms with Crippen LogP contribution < -0.4 is 15.5 Å².